The third kappa shape index (κ3) is 1.91. The van der Waals surface area contributed by atoms with Crippen molar-refractivity contribution in [2.45, 2.75) is 25.7 Å². The van der Waals surface area contributed by atoms with Gasteiger partial charge in [0.15, 0.2) is 20.8 Å². The highest BCUT2D eigenvalue weighted by molar-refractivity contribution is 9.11. The maximum Gasteiger partial charge on any atom is 0.198 e. The van der Waals surface area contributed by atoms with Crippen LogP contribution in [0, 0.1) is 22.1 Å². The van der Waals surface area contributed by atoms with E-state index in [1.54, 1.807) is 0 Å². The van der Waals surface area contributed by atoms with Crippen molar-refractivity contribution in [2.24, 2.45) is 5.92 Å². The molecular formula is C7H9BrN+. The molecule has 0 aromatic heterocycles. The molecule has 0 N–H and O–H groups in total. The Hall–Kier alpha value is -0.160. The van der Waals surface area contributed by atoms with E-state index in [1.165, 1.54) is 11.2 Å². The van der Waals surface area contributed by atoms with Gasteiger partial charge in [0.1, 0.15) is 12.8 Å². The van der Waals surface area contributed by atoms with Gasteiger partial charge in [-0.15, -0.1) is 0 Å². The molecule has 0 spiro atoms. The number of hydrogen-bond donors (Lipinski definition) is 0. The molecule has 0 aromatic rings. The number of nitriles is 1. The fourth-order valence-electron chi connectivity index (χ4n) is 1.12. The first-order valence-corrected chi connectivity index (χ1v) is 4.02. The molecule has 1 unspecified atom stereocenters. The molecule has 1 saturated carbocycles. The summed E-state index contributed by atoms with van der Waals surface area (Å²) >= 11 is 3.44. The predicted octanol–water partition coefficient (Wildman–Crippen LogP) is 2.63. The first-order chi connectivity index (χ1) is 4.33. The molecule has 9 heavy (non-hydrogen) atoms. The molecule has 0 aliphatic heterocycles. The van der Waals surface area contributed by atoms with Gasteiger partial charge in [-0.2, -0.15) is 5.26 Å². The molecule has 1 atom stereocenters. The lowest BCUT2D eigenvalue weighted by Gasteiger charge is -2.10. The number of halogens is 1. The van der Waals surface area contributed by atoms with Gasteiger partial charge >= 0.3 is 0 Å². The van der Waals surface area contributed by atoms with Crippen molar-refractivity contribution in [1.82, 2.24) is 0 Å². The van der Waals surface area contributed by atoms with Crippen molar-refractivity contribution < 1.29 is 0 Å². The molecule has 1 nitrogen and oxygen atoms in total. The van der Waals surface area contributed by atoms with Gasteiger partial charge in [0.2, 0.25) is 0 Å². The predicted molar refractivity (Wildman–Crippen MR) is 39.7 cm³/mol. The van der Waals surface area contributed by atoms with Crippen molar-refractivity contribution in [3.05, 3.63) is 4.83 Å². The average molecular weight is 187 g/mol. The largest absolute Gasteiger partial charge is 0.198 e. The van der Waals surface area contributed by atoms with Crippen LogP contribution in [-0.2, 0) is 0 Å². The minimum atomic E-state index is 0.285. The van der Waals surface area contributed by atoms with Crippen LogP contribution in [0.1, 0.15) is 25.7 Å². The molecule has 0 aromatic carbocycles. The van der Waals surface area contributed by atoms with E-state index in [9.17, 15) is 0 Å². The van der Waals surface area contributed by atoms with Gasteiger partial charge in [-0.05, 0) is 12.8 Å². The van der Waals surface area contributed by atoms with E-state index in [-0.39, 0.29) is 5.92 Å². The lowest BCUT2D eigenvalue weighted by atomic mass is 9.90. The van der Waals surface area contributed by atoms with Gasteiger partial charge in [-0.1, -0.05) is 0 Å². The van der Waals surface area contributed by atoms with Crippen molar-refractivity contribution in [2.75, 3.05) is 0 Å². The topological polar surface area (TPSA) is 23.8 Å². The van der Waals surface area contributed by atoms with Crippen LogP contribution in [0.2, 0.25) is 0 Å². The third-order valence-corrected chi connectivity index (χ3v) is 2.37. The van der Waals surface area contributed by atoms with Crippen molar-refractivity contribution >= 4 is 15.9 Å². The normalized spacial score (nSPS) is 27.6. The molecule has 0 radical (unpaired) electrons. The summed E-state index contributed by atoms with van der Waals surface area (Å²) in [5.41, 5.74) is 0. The summed E-state index contributed by atoms with van der Waals surface area (Å²) in [6, 6.07) is 2.28. The zero-order valence-corrected chi connectivity index (χ0v) is 6.82. The molecule has 1 aliphatic rings. The van der Waals surface area contributed by atoms with Gasteiger partial charge in [0, 0.05) is 0 Å². The standard InChI is InChI=1S/C7H9BrN/c8-7-3-1-2-6(4-7)5-9/h6H,1-4H2/q+1. The van der Waals surface area contributed by atoms with Crippen molar-refractivity contribution in [3.8, 4) is 6.07 Å². The summed E-state index contributed by atoms with van der Waals surface area (Å²) in [6.07, 6.45) is 4.40. The highest BCUT2D eigenvalue weighted by Crippen LogP contribution is 2.33. The maximum absolute atomic E-state index is 8.52. The summed E-state index contributed by atoms with van der Waals surface area (Å²) in [5.74, 6) is 0.285. The van der Waals surface area contributed by atoms with E-state index in [1.807, 2.05) is 0 Å². The van der Waals surface area contributed by atoms with Crippen LogP contribution in [0.25, 0.3) is 0 Å². The lowest BCUT2D eigenvalue weighted by Crippen LogP contribution is -2.07. The Labute approximate surface area is 64.2 Å². The Kier molecular flexibility index (Phi) is 2.41. The first-order valence-electron chi connectivity index (χ1n) is 3.22. The third-order valence-electron chi connectivity index (χ3n) is 1.65. The summed E-state index contributed by atoms with van der Waals surface area (Å²) < 4.78 is 0. The Morgan fingerprint density at radius 1 is 1.67 bits per heavy atom. The summed E-state index contributed by atoms with van der Waals surface area (Å²) in [6.45, 7) is 0. The van der Waals surface area contributed by atoms with Gasteiger partial charge in [0.05, 0.1) is 12.0 Å². The van der Waals surface area contributed by atoms with E-state index in [4.69, 9.17) is 5.26 Å². The second-order valence-electron chi connectivity index (χ2n) is 2.44. The monoisotopic (exact) mass is 186 g/mol. The second kappa shape index (κ2) is 3.12. The molecule has 2 heteroatoms. The molecular weight excluding hydrogens is 178 g/mol. The zero-order chi connectivity index (χ0) is 6.69. The molecule has 1 aliphatic carbocycles. The van der Waals surface area contributed by atoms with Gasteiger partial charge in [-0.3, -0.25) is 0 Å². The maximum atomic E-state index is 8.52. The quantitative estimate of drug-likeness (QED) is 0.534. The van der Waals surface area contributed by atoms with Crippen LogP contribution >= 0.6 is 15.9 Å². The minimum absolute atomic E-state index is 0.285. The van der Waals surface area contributed by atoms with Crippen LogP contribution in [0.5, 0.6) is 0 Å². The summed E-state index contributed by atoms with van der Waals surface area (Å²) in [7, 11) is 0. The highest BCUT2D eigenvalue weighted by Gasteiger charge is 2.28. The second-order valence-corrected chi connectivity index (χ2v) is 3.56. The van der Waals surface area contributed by atoms with E-state index in [0.717, 1.165) is 19.3 Å². The van der Waals surface area contributed by atoms with Crippen molar-refractivity contribution in [3.63, 3.8) is 0 Å². The van der Waals surface area contributed by atoms with Gasteiger partial charge in [0.25, 0.3) is 0 Å². The van der Waals surface area contributed by atoms with E-state index >= 15 is 0 Å². The summed E-state index contributed by atoms with van der Waals surface area (Å²) in [4.78, 5) is 1.32. The molecule has 0 bridgehead atoms. The zero-order valence-electron chi connectivity index (χ0n) is 5.23. The number of hydrogen-bond acceptors (Lipinski definition) is 1. The molecule has 1 rings (SSSR count). The molecule has 0 heterocycles. The SMILES string of the molecule is N#CC1CCC[C+](Br)C1. The Morgan fingerprint density at radius 2 is 2.44 bits per heavy atom. The average Bonchev–Trinajstić information content (AvgIpc) is 1.88. The number of nitrogens with zero attached hydrogens (tertiary/aromatic N) is 1. The van der Waals surface area contributed by atoms with Crippen LogP contribution in [0.15, 0.2) is 0 Å². The van der Waals surface area contributed by atoms with E-state index in [2.05, 4.69) is 22.0 Å². The molecule has 0 amide bonds. The van der Waals surface area contributed by atoms with Crippen LogP contribution in [0.4, 0.5) is 0 Å². The fourth-order valence-corrected chi connectivity index (χ4v) is 1.79. The Morgan fingerprint density at radius 3 is 2.89 bits per heavy atom. The Balaban J connectivity index is 2.34. The highest BCUT2D eigenvalue weighted by atomic mass is 79.9. The molecule has 1 fully saturated rings. The lowest BCUT2D eigenvalue weighted by molar-refractivity contribution is 0.490. The molecule has 48 valence electrons. The molecule has 0 saturated heterocycles. The van der Waals surface area contributed by atoms with E-state index < -0.39 is 0 Å². The smallest absolute Gasteiger partial charge is 0.198 e. The van der Waals surface area contributed by atoms with Crippen molar-refractivity contribution in [1.29, 1.82) is 5.26 Å². The van der Waals surface area contributed by atoms with Gasteiger partial charge in [-0.25, -0.2) is 0 Å². The first kappa shape index (κ1) is 6.95. The fraction of sp³-hybridized carbons (Fsp3) is 0.714. The number of rotatable bonds is 0. The van der Waals surface area contributed by atoms with Crippen LogP contribution in [-0.4, -0.2) is 0 Å². The Bertz CT molecular complexity index is 127. The van der Waals surface area contributed by atoms with Gasteiger partial charge < -0.3 is 0 Å². The van der Waals surface area contributed by atoms with Crippen LogP contribution < -0.4 is 0 Å². The summed E-state index contributed by atoms with van der Waals surface area (Å²) in [5, 5.41) is 8.52. The van der Waals surface area contributed by atoms with Crippen LogP contribution in [0.3, 0.4) is 0 Å². The van der Waals surface area contributed by atoms with E-state index in [0.29, 0.717) is 0 Å². The minimum Gasteiger partial charge on any atom is -0.198 e.